The highest BCUT2D eigenvalue weighted by Gasteiger charge is 2.40. The van der Waals surface area contributed by atoms with Crippen LogP contribution in [0, 0.1) is 12.3 Å². The maximum Gasteiger partial charge on any atom is 0.490 e. The number of carboxylic acid groups (broad SMARTS) is 2. The third-order valence-electron chi connectivity index (χ3n) is 5.95. The Morgan fingerprint density at radius 2 is 1.55 bits per heavy atom. The molecule has 0 aromatic carbocycles. The lowest BCUT2D eigenvalue weighted by Gasteiger charge is -2.43. The zero-order valence-electron chi connectivity index (χ0n) is 21.5. The number of aryl methyl sites for hydroxylation is 1. The highest BCUT2D eigenvalue weighted by atomic mass is 32.1. The van der Waals surface area contributed by atoms with E-state index in [9.17, 15) is 26.3 Å². The summed E-state index contributed by atoms with van der Waals surface area (Å²) in [5.41, 5.74) is 2.79. The van der Waals surface area contributed by atoms with E-state index in [-0.39, 0.29) is 5.41 Å². The number of piperidine rings is 1. The Balaban J connectivity index is 0.000000333. The van der Waals surface area contributed by atoms with Crippen molar-refractivity contribution >= 4 is 23.3 Å². The predicted molar refractivity (Wildman–Crippen MR) is 132 cm³/mol. The van der Waals surface area contributed by atoms with Crippen molar-refractivity contribution in [3.63, 3.8) is 0 Å². The van der Waals surface area contributed by atoms with Crippen LogP contribution in [-0.2, 0) is 27.4 Å². The molecular formula is C24H30F6N4O5S. The lowest BCUT2D eigenvalue weighted by atomic mass is 9.80. The van der Waals surface area contributed by atoms with Gasteiger partial charge in [-0.05, 0) is 44.0 Å². The Kier molecular flexibility index (Phi) is 12.3. The van der Waals surface area contributed by atoms with Crippen LogP contribution in [0.2, 0.25) is 0 Å². The zero-order valence-corrected chi connectivity index (χ0v) is 22.4. The van der Waals surface area contributed by atoms with Gasteiger partial charge in [0.25, 0.3) is 0 Å². The quantitative estimate of drug-likeness (QED) is 0.498. The number of rotatable bonds is 4. The number of aliphatic carboxylic acids is 2. The van der Waals surface area contributed by atoms with E-state index in [0.29, 0.717) is 0 Å². The number of nitrogens with zero attached hydrogens (tertiary/aromatic N) is 4. The molecule has 2 aromatic heterocycles. The topological polar surface area (TPSA) is 116 Å². The van der Waals surface area contributed by atoms with Crippen LogP contribution in [0.3, 0.4) is 0 Å². The van der Waals surface area contributed by atoms with Gasteiger partial charge in [-0.15, -0.1) is 11.3 Å². The normalized spacial score (nSPS) is 20.5. The summed E-state index contributed by atoms with van der Waals surface area (Å²) in [5, 5.41) is 17.6. The van der Waals surface area contributed by atoms with Crippen molar-refractivity contribution in [3.05, 3.63) is 46.2 Å². The number of aromatic nitrogens is 2. The van der Waals surface area contributed by atoms with Gasteiger partial charge in [-0.3, -0.25) is 14.8 Å². The standard InChI is InChI=1S/C20H28N4OS.2C2HF3O2/c1-17-22-19(13-26-17)12-24-9-10-25-16-20(15-24)5-2-8-23(14-20)11-18-3-6-21-7-4-18;2*3-2(4,5)1(6)7/h3-4,6-7,13H,2,5,8-12,14-16H2,1H3;2*(H,6,7). The van der Waals surface area contributed by atoms with Gasteiger partial charge in [-0.2, -0.15) is 26.3 Å². The molecule has 2 aliphatic rings. The molecule has 0 radical (unpaired) electrons. The van der Waals surface area contributed by atoms with Crippen molar-refractivity contribution in [3.8, 4) is 0 Å². The SMILES string of the molecule is Cc1nc(CN2CCOCC3(CCCN(Cc4ccncc4)C3)C2)cs1.O=C(O)C(F)(F)F.O=C(O)C(F)(F)F. The van der Waals surface area contributed by atoms with E-state index in [1.54, 1.807) is 11.3 Å². The summed E-state index contributed by atoms with van der Waals surface area (Å²) in [6, 6.07) is 4.25. The molecule has 2 saturated heterocycles. The van der Waals surface area contributed by atoms with Crippen LogP contribution in [0.15, 0.2) is 29.9 Å². The van der Waals surface area contributed by atoms with Gasteiger partial charge in [0.05, 0.1) is 23.9 Å². The number of halogens is 6. The van der Waals surface area contributed by atoms with Crippen molar-refractivity contribution < 1.29 is 50.9 Å². The van der Waals surface area contributed by atoms with Crippen LogP contribution in [0.4, 0.5) is 26.3 Å². The van der Waals surface area contributed by atoms with E-state index in [4.69, 9.17) is 24.5 Å². The molecule has 2 aliphatic heterocycles. The Hall–Kier alpha value is -2.82. The molecule has 1 unspecified atom stereocenters. The Morgan fingerprint density at radius 3 is 2.05 bits per heavy atom. The molecule has 1 atom stereocenters. The lowest BCUT2D eigenvalue weighted by Crippen LogP contribution is -2.50. The number of likely N-dealkylation sites (tertiary alicyclic amines) is 1. The molecule has 4 heterocycles. The first-order valence-corrected chi connectivity index (χ1v) is 12.9. The van der Waals surface area contributed by atoms with Gasteiger partial charge < -0.3 is 14.9 Å². The third-order valence-corrected chi connectivity index (χ3v) is 6.77. The highest BCUT2D eigenvalue weighted by molar-refractivity contribution is 7.09. The van der Waals surface area contributed by atoms with Crippen LogP contribution >= 0.6 is 11.3 Å². The second kappa shape index (κ2) is 14.7. The Bertz CT molecular complexity index is 1060. The van der Waals surface area contributed by atoms with Gasteiger partial charge in [0.2, 0.25) is 0 Å². The van der Waals surface area contributed by atoms with Crippen LogP contribution in [-0.4, -0.2) is 93.7 Å². The molecule has 0 amide bonds. The molecule has 4 rings (SSSR count). The number of hydrogen-bond acceptors (Lipinski definition) is 8. The molecule has 9 nitrogen and oxygen atoms in total. The minimum atomic E-state index is -5.08. The maximum atomic E-state index is 10.6. The first-order valence-electron chi connectivity index (χ1n) is 12.0. The maximum absolute atomic E-state index is 10.6. The fraction of sp³-hybridized carbons (Fsp3) is 0.583. The Labute approximate surface area is 230 Å². The number of alkyl halides is 6. The average Bonchev–Trinajstić information content (AvgIpc) is 3.16. The van der Waals surface area contributed by atoms with E-state index in [1.165, 1.54) is 30.6 Å². The molecule has 2 fully saturated rings. The van der Waals surface area contributed by atoms with Crippen molar-refractivity contribution in [2.45, 2.75) is 45.2 Å². The van der Waals surface area contributed by atoms with Crippen molar-refractivity contribution in [1.82, 2.24) is 19.8 Å². The zero-order chi connectivity index (χ0) is 30.0. The number of pyridine rings is 1. The molecular weight excluding hydrogens is 570 g/mol. The molecule has 16 heteroatoms. The summed E-state index contributed by atoms with van der Waals surface area (Å²) in [5.74, 6) is -5.51. The second-order valence-electron chi connectivity index (χ2n) is 9.40. The van der Waals surface area contributed by atoms with Crippen LogP contribution in [0.25, 0.3) is 0 Å². The van der Waals surface area contributed by atoms with Gasteiger partial charge >= 0.3 is 24.3 Å². The molecule has 0 aliphatic carbocycles. The first kappa shape index (κ1) is 33.4. The summed E-state index contributed by atoms with van der Waals surface area (Å²) in [4.78, 5) is 31.7. The third kappa shape index (κ3) is 11.7. The van der Waals surface area contributed by atoms with E-state index >= 15 is 0 Å². The van der Waals surface area contributed by atoms with Gasteiger partial charge in [0.1, 0.15) is 0 Å². The highest BCUT2D eigenvalue weighted by Crippen LogP contribution is 2.34. The van der Waals surface area contributed by atoms with Gasteiger partial charge in [0.15, 0.2) is 0 Å². The largest absolute Gasteiger partial charge is 0.490 e. The van der Waals surface area contributed by atoms with E-state index in [2.05, 4.69) is 44.2 Å². The monoisotopic (exact) mass is 600 g/mol. The summed E-state index contributed by atoms with van der Waals surface area (Å²) >= 11 is 1.74. The summed E-state index contributed by atoms with van der Waals surface area (Å²) < 4.78 is 69.5. The van der Waals surface area contributed by atoms with Crippen LogP contribution in [0.1, 0.15) is 29.1 Å². The minimum Gasteiger partial charge on any atom is -0.475 e. The van der Waals surface area contributed by atoms with Crippen molar-refractivity contribution in [2.24, 2.45) is 5.41 Å². The van der Waals surface area contributed by atoms with E-state index in [1.807, 2.05) is 12.4 Å². The Morgan fingerprint density at radius 1 is 1.00 bits per heavy atom. The van der Waals surface area contributed by atoms with Crippen molar-refractivity contribution in [2.75, 3.05) is 39.4 Å². The minimum absolute atomic E-state index is 0.243. The van der Waals surface area contributed by atoms with E-state index < -0.39 is 24.3 Å². The molecule has 0 saturated carbocycles. The summed E-state index contributed by atoms with van der Waals surface area (Å²) in [7, 11) is 0. The van der Waals surface area contributed by atoms with Crippen LogP contribution in [0.5, 0.6) is 0 Å². The van der Waals surface area contributed by atoms with E-state index in [0.717, 1.165) is 50.9 Å². The fourth-order valence-corrected chi connectivity index (χ4v) is 4.97. The molecule has 1 spiro atoms. The van der Waals surface area contributed by atoms with Gasteiger partial charge in [-0.1, -0.05) is 0 Å². The number of ether oxygens (including phenoxy) is 1. The summed E-state index contributed by atoms with van der Waals surface area (Å²) in [6.45, 7) is 10.1. The predicted octanol–water partition coefficient (Wildman–Crippen LogP) is 4.23. The fourth-order valence-electron chi connectivity index (χ4n) is 4.36. The smallest absolute Gasteiger partial charge is 0.475 e. The second-order valence-corrected chi connectivity index (χ2v) is 10.5. The number of hydrogen-bond donors (Lipinski definition) is 2. The van der Waals surface area contributed by atoms with Gasteiger partial charge in [-0.25, -0.2) is 14.6 Å². The molecule has 2 N–H and O–H groups in total. The number of thiazole rings is 1. The number of carboxylic acids is 2. The lowest BCUT2D eigenvalue weighted by molar-refractivity contribution is -0.193. The van der Waals surface area contributed by atoms with Crippen molar-refractivity contribution in [1.29, 1.82) is 0 Å². The molecule has 0 bridgehead atoms. The molecule has 2 aromatic rings. The molecule has 40 heavy (non-hydrogen) atoms. The average molecular weight is 601 g/mol. The summed E-state index contributed by atoms with van der Waals surface area (Å²) in [6.07, 6.45) is -3.88. The molecule has 224 valence electrons. The van der Waals surface area contributed by atoms with Crippen LogP contribution < -0.4 is 0 Å². The van der Waals surface area contributed by atoms with Gasteiger partial charge in [0, 0.05) is 55.9 Å². The first-order chi connectivity index (χ1) is 18.6. The number of carbonyl (C=O) groups is 2.